The maximum Gasteiger partial charge on any atom is 0.328 e. The Balaban J connectivity index is 2.24. The van der Waals surface area contributed by atoms with Crippen LogP contribution in [-0.2, 0) is 4.79 Å². The standard InChI is InChI=1S/C15H11ClN2O2S/c1-9-8-21-15-17-14(10-2-4-11(16)5-3-10)12(18(9)15)6-7-13(19)20/h2-8H,1H3,(H,19,20)/b7-6+. The van der Waals surface area contributed by atoms with Crippen molar-refractivity contribution in [3.8, 4) is 11.3 Å². The molecule has 3 rings (SSSR count). The first-order valence-electron chi connectivity index (χ1n) is 6.20. The molecule has 0 saturated heterocycles. The maximum absolute atomic E-state index is 10.8. The van der Waals surface area contributed by atoms with Crippen molar-refractivity contribution in [1.29, 1.82) is 0 Å². The maximum atomic E-state index is 10.8. The van der Waals surface area contributed by atoms with Gasteiger partial charge in [-0.2, -0.15) is 0 Å². The minimum Gasteiger partial charge on any atom is -0.478 e. The van der Waals surface area contributed by atoms with Gasteiger partial charge in [-0.05, 0) is 25.1 Å². The van der Waals surface area contributed by atoms with Gasteiger partial charge in [0, 0.05) is 27.7 Å². The zero-order chi connectivity index (χ0) is 15.0. The van der Waals surface area contributed by atoms with Crippen LogP contribution in [0.25, 0.3) is 22.3 Å². The number of aryl methyl sites for hydroxylation is 1. The molecule has 1 aromatic carbocycles. The molecule has 3 aromatic rings. The molecule has 0 spiro atoms. The summed E-state index contributed by atoms with van der Waals surface area (Å²) in [6, 6.07) is 7.34. The van der Waals surface area contributed by atoms with E-state index in [2.05, 4.69) is 4.98 Å². The fourth-order valence-corrected chi connectivity index (χ4v) is 3.15. The van der Waals surface area contributed by atoms with E-state index >= 15 is 0 Å². The summed E-state index contributed by atoms with van der Waals surface area (Å²) in [5, 5.41) is 11.5. The van der Waals surface area contributed by atoms with Crippen LogP contribution in [0.5, 0.6) is 0 Å². The molecule has 21 heavy (non-hydrogen) atoms. The number of hydrogen-bond donors (Lipinski definition) is 1. The summed E-state index contributed by atoms with van der Waals surface area (Å²) < 4.78 is 1.95. The summed E-state index contributed by atoms with van der Waals surface area (Å²) in [5.74, 6) is -0.986. The van der Waals surface area contributed by atoms with Crippen molar-refractivity contribution in [2.24, 2.45) is 0 Å². The average Bonchev–Trinajstić information content (AvgIpc) is 2.98. The van der Waals surface area contributed by atoms with E-state index in [1.807, 2.05) is 28.8 Å². The number of halogens is 1. The number of carboxylic acid groups (broad SMARTS) is 1. The normalized spacial score (nSPS) is 11.5. The van der Waals surface area contributed by atoms with Gasteiger partial charge in [0.1, 0.15) is 0 Å². The Morgan fingerprint density at radius 2 is 2.10 bits per heavy atom. The Labute approximate surface area is 129 Å². The quantitative estimate of drug-likeness (QED) is 0.739. The number of aromatic nitrogens is 2. The second kappa shape index (κ2) is 5.35. The fourth-order valence-electron chi connectivity index (χ4n) is 2.15. The molecule has 0 aliphatic heterocycles. The van der Waals surface area contributed by atoms with Crippen LogP contribution in [-0.4, -0.2) is 20.5 Å². The Morgan fingerprint density at radius 3 is 2.76 bits per heavy atom. The van der Waals surface area contributed by atoms with E-state index in [1.165, 1.54) is 11.3 Å². The predicted octanol–water partition coefficient (Wildman–Crippen LogP) is 4.12. The van der Waals surface area contributed by atoms with Gasteiger partial charge in [-0.3, -0.25) is 4.40 Å². The number of hydrogen-bond acceptors (Lipinski definition) is 3. The van der Waals surface area contributed by atoms with Gasteiger partial charge in [0.25, 0.3) is 0 Å². The van der Waals surface area contributed by atoms with Crippen LogP contribution in [0.3, 0.4) is 0 Å². The molecule has 0 amide bonds. The summed E-state index contributed by atoms with van der Waals surface area (Å²) in [6.07, 6.45) is 2.70. The van der Waals surface area contributed by atoms with Gasteiger partial charge >= 0.3 is 5.97 Å². The van der Waals surface area contributed by atoms with Crippen LogP contribution in [0.2, 0.25) is 5.02 Å². The molecule has 2 aromatic heterocycles. The van der Waals surface area contributed by atoms with Gasteiger partial charge < -0.3 is 5.11 Å². The van der Waals surface area contributed by atoms with Gasteiger partial charge in [0.15, 0.2) is 4.96 Å². The molecular formula is C15H11ClN2O2S. The van der Waals surface area contributed by atoms with Crippen molar-refractivity contribution in [2.45, 2.75) is 6.92 Å². The largest absolute Gasteiger partial charge is 0.478 e. The Morgan fingerprint density at radius 1 is 1.38 bits per heavy atom. The molecule has 1 N–H and O–H groups in total. The van der Waals surface area contributed by atoms with Crippen LogP contribution in [0.15, 0.2) is 35.7 Å². The lowest BCUT2D eigenvalue weighted by Gasteiger charge is -2.01. The van der Waals surface area contributed by atoms with Crippen molar-refractivity contribution < 1.29 is 9.90 Å². The van der Waals surface area contributed by atoms with Crippen LogP contribution in [0, 0.1) is 6.92 Å². The lowest BCUT2D eigenvalue weighted by atomic mass is 10.1. The first-order valence-corrected chi connectivity index (χ1v) is 7.45. The van der Waals surface area contributed by atoms with E-state index in [0.29, 0.717) is 5.02 Å². The van der Waals surface area contributed by atoms with Crippen molar-refractivity contribution in [3.05, 3.63) is 52.1 Å². The number of benzene rings is 1. The molecule has 2 heterocycles. The summed E-state index contributed by atoms with van der Waals surface area (Å²) >= 11 is 7.43. The third-order valence-corrected chi connectivity index (χ3v) is 4.27. The van der Waals surface area contributed by atoms with Gasteiger partial charge in [0.05, 0.1) is 11.4 Å². The monoisotopic (exact) mass is 318 g/mol. The highest BCUT2D eigenvalue weighted by molar-refractivity contribution is 7.15. The van der Waals surface area contributed by atoms with E-state index in [1.54, 1.807) is 18.2 Å². The van der Waals surface area contributed by atoms with Crippen molar-refractivity contribution >= 4 is 39.9 Å². The van der Waals surface area contributed by atoms with E-state index < -0.39 is 5.97 Å². The Bertz CT molecular complexity index is 847. The van der Waals surface area contributed by atoms with E-state index in [0.717, 1.165) is 33.7 Å². The van der Waals surface area contributed by atoms with Crippen LogP contribution in [0.1, 0.15) is 11.4 Å². The molecule has 6 heteroatoms. The highest BCUT2D eigenvalue weighted by atomic mass is 35.5. The molecular weight excluding hydrogens is 308 g/mol. The lowest BCUT2D eigenvalue weighted by molar-refractivity contribution is -0.131. The van der Waals surface area contributed by atoms with Gasteiger partial charge in [-0.25, -0.2) is 9.78 Å². The Hall–Kier alpha value is -2.11. The fraction of sp³-hybridized carbons (Fsp3) is 0.0667. The number of thiazole rings is 1. The number of carboxylic acids is 1. The number of nitrogens with zero attached hydrogens (tertiary/aromatic N) is 2. The summed E-state index contributed by atoms with van der Waals surface area (Å²) in [7, 11) is 0. The third kappa shape index (κ3) is 2.57. The summed E-state index contributed by atoms with van der Waals surface area (Å²) in [6.45, 7) is 1.97. The van der Waals surface area contributed by atoms with Crippen LogP contribution < -0.4 is 0 Å². The Kier molecular flexibility index (Phi) is 3.53. The molecule has 0 unspecified atom stereocenters. The minimum absolute atomic E-state index is 0.651. The molecule has 0 atom stereocenters. The van der Waals surface area contributed by atoms with Crippen molar-refractivity contribution in [3.63, 3.8) is 0 Å². The molecule has 0 saturated carbocycles. The topological polar surface area (TPSA) is 54.6 Å². The third-order valence-electron chi connectivity index (χ3n) is 3.07. The first kappa shape index (κ1) is 13.9. The average molecular weight is 319 g/mol. The second-order valence-corrected chi connectivity index (χ2v) is 5.79. The van der Waals surface area contributed by atoms with Gasteiger partial charge in [-0.15, -0.1) is 11.3 Å². The van der Waals surface area contributed by atoms with E-state index in [-0.39, 0.29) is 0 Å². The molecule has 0 fully saturated rings. The second-order valence-electron chi connectivity index (χ2n) is 4.52. The summed E-state index contributed by atoms with van der Waals surface area (Å²) in [4.78, 5) is 16.3. The number of fused-ring (bicyclic) bond motifs is 1. The predicted molar refractivity (Wildman–Crippen MR) is 84.9 cm³/mol. The molecule has 0 aliphatic rings. The smallest absolute Gasteiger partial charge is 0.328 e. The zero-order valence-corrected chi connectivity index (χ0v) is 12.6. The first-order chi connectivity index (χ1) is 10.1. The minimum atomic E-state index is -0.986. The van der Waals surface area contributed by atoms with Crippen LogP contribution in [0.4, 0.5) is 0 Å². The zero-order valence-electron chi connectivity index (χ0n) is 11.1. The van der Waals surface area contributed by atoms with Gasteiger partial charge in [0.2, 0.25) is 0 Å². The van der Waals surface area contributed by atoms with Gasteiger partial charge in [-0.1, -0.05) is 23.7 Å². The summed E-state index contributed by atoms with van der Waals surface area (Å²) in [5.41, 5.74) is 3.43. The van der Waals surface area contributed by atoms with Crippen molar-refractivity contribution in [1.82, 2.24) is 9.38 Å². The number of imidazole rings is 1. The van der Waals surface area contributed by atoms with Crippen LogP contribution >= 0.6 is 22.9 Å². The van der Waals surface area contributed by atoms with E-state index in [4.69, 9.17) is 16.7 Å². The van der Waals surface area contributed by atoms with Crippen molar-refractivity contribution in [2.75, 3.05) is 0 Å². The highest BCUT2D eigenvalue weighted by Gasteiger charge is 2.15. The SMILES string of the molecule is Cc1csc2nc(-c3ccc(Cl)cc3)c(/C=C/C(=O)O)n12. The molecule has 0 aliphatic carbocycles. The van der Waals surface area contributed by atoms with E-state index in [9.17, 15) is 4.79 Å². The molecule has 0 bridgehead atoms. The number of carbonyl (C=O) groups is 1. The number of aliphatic carboxylic acids is 1. The number of rotatable bonds is 3. The molecule has 4 nitrogen and oxygen atoms in total. The lowest BCUT2D eigenvalue weighted by Crippen LogP contribution is -1.91. The molecule has 0 radical (unpaired) electrons. The highest BCUT2D eigenvalue weighted by Crippen LogP contribution is 2.30. The molecule has 106 valence electrons.